The van der Waals surface area contributed by atoms with Crippen molar-refractivity contribution < 1.29 is 4.79 Å². The van der Waals surface area contributed by atoms with Crippen LogP contribution in [-0.4, -0.2) is 13.0 Å². The van der Waals surface area contributed by atoms with Crippen LogP contribution in [0, 0.1) is 0 Å². The molecule has 0 aliphatic heterocycles. The van der Waals surface area contributed by atoms with Gasteiger partial charge < -0.3 is 5.32 Å². The zero-order chi connectivity index (χ0) is 8.10. The lowest BCUT2D eigenvalue weighted by molar-refractivity contribution is -0.109. The van der Waals surface area contributed by atoms with E-state index < -0.39 is 0 Å². The van der Waals surface area contributed by atoms with Crippen LogP contribution in [0.2, 0.25) is 4.34 Å². The maximum Gasteiger partial charge on any atom is 0.207 e. The highest BCUT2D eigenvalue weighted by Gasteiger charge is 1.95. The standard InChI is InChI=1S/C7H8ClNOS/c8-7-2-1-6(11-7)3-4-9-5-10/h1-2,5H,3-4H2,(H,9,10). The molecule has 1 N–H and O–H groups in total. The van der Waals surface area contributed by atoms with Gasteiger partial charge in [-0.3, -0.25) is 4.79 Å². The van der Waals surface area contributed by atoms with E-state index in [1.807, 2.05) is 12.1 Å². The number of thiophene rings is 1. The van der Waals surface area contributed by atoms with Crippen LogP contribution in [0.3, 0.4) is 0 Å². The summed E-state index contributed by atoms with van der Waals surface area (Å²) in [7, 11) is 0. The zero-order valence-electron chi connectivity index (χ0n) is 5.84. The molecule has 0 bridgehead atoms. The van der Waals surface area contributed by atoms with Crippen LogP contribution in [0.4, 0.5) is 0 Å². The van der Waals surface area contributed by atoms with Crippen LogP contribution in [0.5, 0.6) is 0 Å². The topological polar surface area (TPSA) is 29.1 Å². The van der Waals surface area contributed by atoms with E-state index in [9.17, 15) is 4.79 Å². The Morgan fingerprint density at radius 3 is 3.00 bits per heavy atom. The lowest BCUT2D eigenvalue weighted by Crippen LogP contribution is -2.13. The van der Waals surface area contributed by atoms with Crippen LogP contribution >= 0.6 is 22.9 Å². The quantitative estimate of drug-likeness (QED) is 0.567. The molecule has 0 atom stereocenters. The minimum Gasteiger partial charge on any atom is -0.358 e. The summed E-state index contributed by atoms with van der Waals surface area (Å²) in [5.74, 6) is 0. The van der Waals surface area contributed by atoms with E-state index in [2.05, 4.69) is 5.32 Å². The summed E-state index contributed by atoms with van der Waals surface area (Å²) in [4.78, 5) is 11.1. The molecule has 1 aromatic rings. The average Bonchev–Trinajstić information content (AvgIpc) is 2.37. The fraction of sp³-hybridized carbons (Fsp3) is 0.286. The summed E-state index contributed by atoms with van der Waals surface area (Å²) < 4.78 is 0.797. The minimum atomic E-state index is 0.681. The molecule has 0 aliphatic rings. The Bertz CT molecular complexity index is 236. The van der Waals surface area contributed by atoms with Crippen molar-refractivity contribution in [3.8, 4) is 0 Å². The third-order valence-corrected chi connectivity index (χ3v) is 2.52. The lowest BCUT2D eigenvalue weighted by Gasteiger charge is -1.93. The second-order valence-corrected chi connectivity index (χ2v) is 3.83. The third-order valence-electron chi connectivity index (χ3n) is 1.23. The number of hydrogen-bond donors (Lipinski definition) is 1. The van der Waals surface area contributed by atoms with E-state index in [1.54, 1.807) is 11.3 Å². The Morgan fingerprint density at radius 2 is 2.45 bits per heavy atom. The summed E-state index contributed by atoms with van der Waals surface area (Å²) >= 11 is 7.25. The molecule has 0 fully saturated rings. The molecule has 60 valence electrons. The number of carbonyl (C=O) groups is 1. The van der Waals surface area contributed by atoms with Crippen LogP contribution in [0.1, 0.15) is 4.88 Å². The SMILES string of the molecule is O=CNCCc1ccc(Cl)s1. The zero-order valence-corrected chi connectivity index (χ0v) is 7.41. The molecular formula is C7H8ClNOS. The first-order chi connectivity index (χ1) is 5.33. The van der Waals surface area contributed by atoms with Crippen molar-refractivity contribution in [2.75, 3.05) is 6.54 Å². The van der Waals surface area contributed by atoms with E-state index in [-0.39, 0.29) is 0 Å². The van der Waals surface area contributed by atoms with Gasteiger partial charge in [0.15, 0.2) is 0 Å². The number of hydrogen-bond acceptors (Lipinski definition) is 2. The molecule has 0 radical (unpaired) electrons. The summed E-state index contributed by atoms with van der Waals surface area (Å²) in [6.45, 7) is 0.681. The first-order valence-electron chi connectivity index (χ1n) is 3.24. The van der Waals surface area contributed by atoms with Crippen molar-refractivity contribution in [3.63, 3.8) is 0 Å². The molecule has 1 aromatic heterocycles. The van der Waals surface area contributed by atoms with Crippen molar-refractivity contribution in [2.45, 2.75) is 6.42 Å². The van der Waals surface area contributed by atoms with Gasteiger partial charge in [-0.1, -0.05) is 11.6 Å². The Labute approximate surface area is 74.2 Å². The second-order valence-electron chi connectivity index (χ2n) is 2.03. The van der Waals surface area contributed by atoms with Gasteiger partial charge in [-0.25, -0.2) is 0 Å². The fourth-order valence-electron chi connectivity index (χ4n) is 0.740. The molecule has 0 saturated heterocycles. The van der Waals surface area contributed by atoms with Gasteiger partial charge in [-0.05, 0) is 18.6 Å². The highest BCUT2D eigenvalue weighted by atomic mass is 35.5. The predicted octanol–water partition coefficient (Wildman–Crippen LogP) is 1.69. The second kappa shape index (κ2) is 4.36. The molecule has 1 rings (SSSR count). The predicted molar refractivity (Wildman–Crippen MR) is 47.1 cm³/mol. The number of nitrogens with one attached hydrogen (secondary N) is 1. The van der Waals surface area contributed by atoms with Gasteiger partial charge in [0.05, 0.1) is 4.34 Å². The summed E-state index contributed by atoms with van der Waals surface area (Å²) in [5.41, 5.74) is 0. The Kier molecular flexibility index (Phi) is 3.39. The molecular weight excluding hydrogens is 182 g/mol. The fourth-order valence-corrected chi connectivity index (χ4v) is 1.83. The minimum absolute atomic E-state index is 0.681. The molecule has 0 aromatic carbocycles. The number of rotatable bonds is 4. The first kappa shape index (κ1) is 8.56. The molecule has 1 heterocycles. The van der Waals surface area contributed by atoms with E-state index in [0.29, 0.717) is 13.0 Å². The van der Waals surface area contributed by atoms with E-state index >= 15 is 0 Å². The van der Waals surface area contributed by atoms with Crippen molar-refractivity contribution in [1.29, 1.82) is 0 Å². The number of carbonyl (C=O) groups excluding carboxylic acids is 1. The van der Waals surface area contributed by atoms with Gasteiger partial charge in [0.1, 0.15) is 0 Å². The van der Waals surface area contributed by atoms with Crippen molar-refractivity contribution >= 4 is 29.3 Å². The Balaban J connectivity index is 2.32. The third kappa shape index (κ3) is 2.91. The van der Waals surface area contributed by atoms with Crippen molar-refractivity contribution in [3.05, 3.63) is 21.3 Å². The molecule has 0 unspecified atom stereocenters. The highest BCUT2D eigenvalue weighted by molar-refractivity contribution is 7.16. The Hall–Kier alpha value is -0.540. The van der Waals surface area contributed by atoms with Crippen molar-refractivity contribution in [2.24, 2.45) is 0 Å². The van der Waals surface area contributed by atoms with Gasteiger partial charge in [0, 0.05) is 11.4 Å². The first-order valence-corrected chi connectivity index (χ1v) is 4.43. The molecule has 0 aliphatic carbocycles. The molecule has 1 amide bonds. The molecule has 0 spiro atoms. The van der Waals surface area contributed by atoms with Gasteiger partial charge in [-0.15, -0.1) is 11.3 Å². The largest absolute Gasteiger partial charge is 0.358 e. The summed E-state index contributed by atoms with van der Waals surface area (Å²) in [6, 6.07) is 3.84. The maximum atomic E-state index is 9.87. The van der Waals surface area contributed by atoms with Gasteiger partial charge in [0.2, 0.25) is 6.41 Å². The highest BCUT2D eigenvalue weighted by Crippen LogP contribution is 2.21. The summed E-state index contributed by atoms with van der Waals surface area (Å²) in [6.07, 6.45) is 1.56. The molecule has 2 nitrogen and oxygen atoms in total. The molecule has 11 heavy (non-hydrogen) atoms. The number of amides is 1. The lowest BCUT2D eigenvalue weighted by atomic mass is 10.3. The molecule has 0 saturated carbocycles. The van der Waals surface area contributed by atoms with Crippen LogP contribution in [-0.2, 0) is 11.2 Å². The summed E-state index contributed by atoms with van der Waals surface area (Å²) in [5, 5.41) is 2.59. The van der Waals surface area contributed by atoms with E-state index in [4.69, 9.17) is 11.6 Å². The average molecular weight is 190 g/mol. The van der Waals surface area contributed by atoms with E-state index in [1.165, 1.54) is 4.88 Å². The molecule has 4 heteroatoms. The normalized spacial score (nSPS) is 9.55. The van der Waals surface area contributed by atoms with Gasteiger partial charge >= 0.3 is 0 Å². The smallest absolute Gasteiger partial charge is 0.207 e. The Morgan fingerprint density at radius 1 is 1.64 bits per heavy atom. The van der Waals surface area contributed by atoms with Crippen molar-refractivity contribution in [1.82, 2.24) is 5.32 Å². The monoisotopic (exact) mass is 189 g/mol. The van der Waals surface area contributed by atoms with Gasteiger partial charge in [-0.2, -0.15) is 0 Å². The van der Waals surface area contributed by atoms with E-state index in [0.717, 1.165) is 10.8 Å². The maximum absolute atomic E-state index is 9.87. The van der Waals surface area contributed by atoms with Gasteiger partial charge in [0.25, 0.3) is 0 Å². The van der Waals surface area contributed by atoms with Crippen LogP contribution in [0.25, 0.3) is 0 Å². The van der Waals surface area contributed by atoms with Crippen LogP contribution < -0.4 is 5.32 Å². The number of halogens is 1. The van der Waals surface area contributed by atoms with Crippen LogP contribution in [0.15, 0.2) is 12.1 Å².